The maximum atomic E-state index is 2.37. The van der Waals surface area contributed by atoms with Gasteiger partial charge in [0, 0.05) is 19.3 Å². The maximum absolute atomic E-state index is 2.37. The molecule has 0 aromatic heterocycles. The summed E-state index contributed by atoms with van der Waals surface area (Å²) < 4.78 is 0. The molecule has 0 saturated heterocycles. The molecule has 0 aliphatic carbocycles. The molecule has 0 aliphatic rings. The summed E-state index contributed by atoms with van der Waals surface area (Å²) in [5.74, 6) is 0.835. The summed E-state index contributed by atoms with van der Waals surface area (Å²) in [7, 11) is 2.19. The first kappa shape index (κ1) is 14.1. The molecule has 0 amide bonds. The quantitative estimate of drug-likeness (QED) is 0.651. The first-order valence-electron chi connectivity index (χ1n) is 6.79. The van der Waals surface area contributed by atoms with Crippen LogP contribution in [0, 0.1) is 19.8 Å². The van der Waals surface area contributed by atoms with E-state index in [-0.39, 0.29) is 0 Å². The van der Waals surface area contributed by atoms with Gasteiger partial charge in [-0.05, 0) is 49.4 Å². The molecule has 1 nitrogen and oxygen atoms in total. The number of benzene rings is 1. The second kappa shape index (κ2) is 6.68. The summed E-state index contributed by atoms with van der Waals surface area (Å²) in [6, 6.07) is 6.73. The van der Waals surface area contributed by atoms with E-state index in [1.54, 1.807) is 0 Å². The van der Waals surface area contributed by atoms with Crippen LogP contribution < -0.4 is 4.90 Å². The number of nitrogens with zero attached hydrogens (tertiary/aromatic N) is 1. The molecule has 96 valence electrons. The van der Waals surface area contributed by atoms with Crippen LogP contribution in [0.15, 0.2) is 18.2 Å². The van der Waals surface area contributed by atoms with E-state index in [4.69, 9.17) is 0 Å². The molecule has 0 saturated carbocycles. The fourth-order valence-corrected chi connectivity index (χ4v) is 1.99. The fourth-order valence-electron chi connectivity index (χ4n) is 1.99. The van der Waals surface area contributed by atoms with Crippen molar-refractivity contribution in [2.24, 2.45) is 5.92 Å². The highest BCUT2D eigenvalue weighted by molar-refractivity contribution is 5.49. The summed E-state index contributed by atoms with van der Waals surface area (Å²) in [5.41, 5.74) is 4.11. The molecular weight excluding hydrogens is 206 g/mol. The topological polar surface area (TPSA) is 3.24 Å². The Kier molecular flexibility index (Phi) is 5.54. The molecule has 0 unspecified atom stereocenters. The van der Waals surface area contributed by atoms with Crippen molar-refractivity contribution in [2.75, 3.05) is 18.5 Å². The number of anilines is 1. The van der Waals surface area contributed by atoms with Crippen LogP contribution in [-0.4, -0.2) is 13.6 Å². The average molecular weight is 233 g/mol. The summed E-state index contributed by atoms with van der Waals surface area (Å²) in [4.78, 5) is 2.37. The standard InChI is InChI=1S/C16H27N/c1-13(2)8-6-7-11-17(5)16-10-9-14(3)15(4)12-16/h9-10,12-13H,6-8,11H2,1-5H3. The first-order chi connectivity index (χ1) is 8.00. The van der Waals surface area contributed by atoms with E-state index in [1.807, 2.05) is 0 Å². The van der Waals surface area contributed by atoms with E-state index in [0.29, 0.717) is 0 Å². The number of hydrogen-bond acceptors (Lipinski definition) is 1. The number of aryl methyl sites for hydroxylation is 2. The van der Waals surface area contributed by atoms with Crippen LogP contribution in [0.4, 0.5) is 5.69 Å². The number of rotatable bonds is 6. The van der Waals surface area contributed by atoms with Crippen LogP contribution in [0.3, 0.4) is 0 Å². The average Bonchev–Trinajstić information content (AvgIpc) is 2.27. The molecule has 1 aromatic carbocycles. The molecule has 0 heterocycles. The lowest BCUT2D eigenvalue weighted by Gasteiger charge is -2.20. The molecule has 1 rings (SSSR count). The zero-order valence-electron chi connectivity index (χ0n) is 12.1. The minimum Gasteiger partial charge on any atom is -0.375 e. The van der Waals surface area contributed by atoms with Gasteiger partial charge in [-0.15, -0.1) is 0 Å². The Morgan fingerprint density at radius 1 is 1.06 bits per heavy atom. The largest absolute Gasteiger partial charge is 0.375 e. The third kappa shape index (κ3) is 4.80. The molecule has 0 N–H and O–H groups in total. The highest BCUT2D eigenvalue weighted by Crippen LogP contribution is 2.18. The van der Waals surface area contributed by atoms with Gasteiger partial charge in [0.15, 0.2) is 0 Å². The van der Waals surface area contributed by atoms with Crippen molar-refractivity contribution in [3.63, 3.8) is 0 Å². The van der Waals surface area contributed by atoms with Gasteiger partial charge in [0.05, 0.1) is 0 Å². The lowest BCUT2D eigenvalue weighted by atomic mass is 10.1. The van der Waals surface area contributed by atoms with Crippen LogP contribution in [-0.2, 0) is 0 Å². The molecule has 17 heavy (non-hydrogen) atoms. The molecule has 0 radical (unpaired) electrons. The maximum Gasteiger partial charge on any atom is 0.0366 e. The van der Waals surface area contributed by atoms with Crippen molar-refractivity contribution in [3.05, 3.63) is 29.3 Å². The third-order valence-corrected chi connectivity index (χ3v) is 3.46. The Labute approximate surface area is 107 Å². The van der Waals surface area contributed by atoms with Crippen molar-refractivity contribution >= 4 is 5.69 Å². The van der Waals surface area contributed by atoms with Crippen LogP contribution in [0.5, 0.6) is 0 Å². The number of unbranched alkanes of at least 4 members (excludes halogenated alkanes) is 1. The minimum atomic E-state index is 0.835. The first-order valence-corrected chi connectivity index (χ1v) is 6.79. The molecule has 0 atom stereocenters. The van der Waals surface area contributed by atoms with Crippen molar-refractivity contribution in [3.8, 4) is 0 Å². The van der Waals surface area contributed by atoms with Crippen molar-refractivity contribution < 1.29 is 0 Å². The van der Waals surface area contributed by atoms with Crippen LogP contribution in [0.2, 0.25) is 0 Å². The molecule has 0 bridgehead atoms. The van der Waals surface area contributed by atoms with Gasteiger partial charge in [-0.1, -0.05) is 32.8 Å². The molecule has 1 heteroatoms. The van der Waals surface area contributed by atoms with E-state index in [0.717, 1.165) is 12.5 Å². The fraction of sp³-hybridized carbons (Fsp3) is 0.625. The minimum absolute atomic E-state index is 0.835. The van der Waals surface area contributed by atoms with Crippen LogP contribution in [0.1, 0.15) is 44.2 Å². The van der Waals surface area contributed by atoms with Gasteiger partial charge in [-0.25, -0.2) is 0 Å². The number of hydrogen-bond donors (Lipinski definition) is 0. The van der Waals surface area contributed by atoms with Crippen molar-refractivity contribution in [2.45, 2.75) is 47.0 Å². The van der Waals surface area contributed by atoms with Gasteiger partial charge >= 0.3 is 0 Å². The highest BCUT2D eigenvalue weighted by Gasteiger charge is 2.02. The molecule has 1 aromatic rings. The Morgan fingerprint density at radius 3 is 2.35 bits per heavy atom. The van der Waals surface area contributed by atoms with E-state index < -0.39 is 0 Å². The van der Waals surface area contributed by atoms with Gasteiger partial charge < -0.3 is 4.90 Å². The second-order valence-corrected chi connectivity index (χ2v) is 5.58. The Bertz CT molecular complexity index is 341. The van der Waals surface area contributed by atoms with Crippen molar-refractivity contribution in [1.29, 1.82) is 0 Å². The Balaban J connectivity index is 2.41. The smallest absolute Gasteiger partial charge is 0.0366 e. The SMILES string of the molecule is Cc1ccc(N(C)CCCCC(C)C)cc1C. The van der Waals surface area contributed by atoms with E-state index in [9.17, 15) is 0 Å². The monoisotopic (exact) mass is 233 g/mol. The van der Waals surface area contributed by atoms with Gasteiger partial charge in [0.2, 0.25) is 0 Å². The molecular formula is C16H27N. The zero-order valence-corrected chi connectivity index (χ0v) is 12.1. The lowest BCUT2D eigenvalue weighted by molar-refractivity contribution is 0.538. The van der Waals surface area contributed by atoms with Gasteiger partial charge in [-0.3, -0.25) is 0 Å². The van der Waals surface area contributed by atoms with Crippen LogP contribution >= 0.6 is 0 Å². The van der Waals surface area contributed by atoms with Crippen LogP contribution in [0.25, 0.3) is 0 Å². The zero-order chi connectivity index (χ0) is 12.8. The normalized spacial score (nSPS) is 10.9. The summed E-state index contributed by atoms with van der Waals surface area (Å²) in [5, 5.41) is 0. The summed E-state index contributed by atoms with van der Waals surface area (Å²) in [6.45, 7) is 10.1. The third-order valence-electron chi connectivity index (χ3n) is 3.46. The summed E-state index contributed by atoms with van der Waals surface area (Å²) >= 11 is 0. The highest BCUT2D eigenvalue weighted by atomic mass is 15.1. The molecule has 0 spiro atoms. The second-order valence-electron chi connectivity index (χ2n) is 5.58. The van der Waals surface area contributed by atoms with E-state index in [2.05, 4.69) is 57.8 Å². The van der Waals surface area contributed by atoms with E-state index in [1.165, 1.54) is 36.1 Å². The molecule has 0 fully saturated rings. The predicted octanol–water partition coefficient (Wildman–Crippen LogP) is 4.57. The van der Waals surface area contributed by atoms with Gasteiger partial charge in [-0.2, -0.15) is 0 Å². The van der Waals surface area contributed by atoms with Gasteiger partial charge in [0.1, 0.15) is 0 Å². The Morgan fingerprint density at radius 2 is 1.76 bits per heavy atom. The van der Waals surface area contributed by atoms with E-state index >= 15 is 0 Å². The van der Waals surface area contributed by atoms with Crippen molar-refractivity contribution in [1.82, 2.24) is 0 Å². The summed E-state index contributed by atoms with van der Waals surface area (Å²) in [6.07, 6.45) is 3.98. The predicted molar refractivity (Wildman–Crippen MR) is 77.9 cm³/mol. The Hall–Kier alpha value is -0.980. The lowest BCUT2D eigenvalue weighted by Crippen LogP contribution is -2.18. The van der Waals surface area contributed by atoms with Gasteiger partial charge in [0.25, 0.3) is 0 Å². The molecule has 0 aliphatic heterocycles.